The number of halogens is 1. The molecule has 2 rings (SSSR count). The summed E-state index contributed by atoms with van der Waals surface area (Å²) < 4.78 is 23.6. The highest BCUT2D eigenvalue weighted by Gasteiger charge is 2.04. The van der Waals surface area contributed by atoms with Crippen molar-refractivity contribution in [2.45, 2.75) is 33.4 Å². The van der Waals surface area contributed by atoms with E-state index in [1.165, 1.54) is 12.1 Å². The van der Waals surface area contributed by atoms with Crippen LogP contribution in [0.15, 0.2) is 42.5 Å². The molecular formula is C20H24FNO3. The summed E-state index contributed by atoms with van der Waals surface area (Å²) in [5.41, 5.74) is 3.08. The third-order valence-electron chi connectivity index (χ3n) is 3.69. The van der Waals surface area contributed by atoms with Crippen molar-refractivity contribution in [1.82, 2.24) is 5.32 Å². The van der Waals surface area contributed by atoms with Gasteiger partial charge in [-0.25, -0.2) is 4.39 Å². The van der Waals surface area contributed by atoms with Gasteiger partial charge < -0.3 is 14.8 Å². The summed E-state index contributed by atoms with van der Waals surface area (Å²) >= 11 is 0. The first-order chi connectivity index (χ1) is 12.1. The molecule has 134 valence electrons. The van der Waals surface area contributed by atoms with E-state index in [4.69, 9.17) is 9.47 Å². The van der Waals surface area contributed by atoms with Crippen LogP contribution in [-0.2, 0) is 22.7 Å². The minimum atomic E-state index is -0.250. The number of ether oxygens (including phenoxy) is 2. The first-order valence-electron chi connectivity index (χ1n) is 8.41. The molecule has 4 nitrogen and oxygen atoms in total. The first kappa shape index (κ1) is 18.9. The van der Waals surface area contributed by atoms with Crippen molar-refractivity contribution in [3.05, 3.63) is 65.0 Å². The van der Waals surface area contributed by atoms with Crippen molar-refractivity contribution in [1.29, 1.82) is 0 Å². The van der Waals surface area contributed by atoms with E-state index in [-0.39, 0.29) is 11.8 Å². The minimum absolute atomic E-state index is 0.185. The average molecular weight is 345 g/mol. The molecule has 2 aromatic carbocycles. The molecule has 0 heterocycles. The Morgan fingerprint density at radius 2 is 1.84 bits per heavy atom. The van der Waals surface area contributed by atoms with Crippen molar-refractivity contribution < 1.29 is 18.7 Å². The normalized spacial score (nSPS) is 10.5. The van der Waals surface area contributed by atoms with Gasteiger partial charge in [-0.3, -0.25) is 4.79 Å². The van der Waals surface area contributed by atoms with Crippen LogP contribution in [-0.4, -0.2) is 19.1 Å². The highest BCUT2D eigenvalue weighted by Crippen LogP contribution is 2.20. The molecule has 0 radical (unpaired) electrons. The molecular weight excluding hydrogens is 321 g/mol. The number of hydrogen-bond donors (Lipinski definition) is 1. The zero-order chi connectivity index (χ0) is 18.1. The average Bonchev–Trinajstić information content (AvgIpc) is 2.60. The summed E-state index contributed by atoms with van der Waals surface area (Å²) in [6.45, 7) is 5.87. The molecule has 0 saturated heterocycles. The second-order valence-electron chi connectivity index (χ2n) is 5.75. The zero-order valence-electron chi connectivity index (χ0n) is 14.7. The monoisotopic (exact) mass is 345 g/mol. The van der Waals surface area contributed by atoms with Gasteiger partial charge in [0.2, 0.25) is 0 Å². The van der Waals surface area contributed by atoms with Gasteiger partial charge >= 0.3 is 5.97 Å². The molecule has 0 saturated carbocycles. The fourth-order valence-corrected chi connectivity index (χ4v) is 2.38. The van der Waals surface area contributed by atoms with Gasteiger partial charge in [-0.15, -0.1) is 0 Å². The molecule has 0 aliphatic rings. The lowest BCUT2D eigenvalue weighted by Gasteiger charge is -2.11. The highest BCUT2D eigenvalue weighted by atomic mass is 19.1. The van der Waals surface area contributed by atoms with Crippen molar-refractivity contribution in [2.24, 2.45) is 0 Å². The van der Waals surface area contributed by atoms with Gasteiger partial charge in [-0.1, -0.05) is 24.3 Å². The van der Waals surface area contributed by atoms with Crippen LogP contribution in [0.3, 0.4) is 0 Å². The lowest BCUT2D eigenvalue weighted by molar-refractivity contribution is -0.142. The van der Waals surface area contributed by atoms with Crippen LogP contribution in [0.4, 0.5) is 4.39 Å². The fraction of sp³-hybridized carbons (Fsp3) is 0.350. The Labute approximate surface area is 148 Å². The molecule has 2 aromatic rings. The number of carbonyl (C=O) groups excluding carboxylic acids is 1. The number of esters is 1. The van der Waals surface area contributed by atoms with E-state index >= 15 is 0 Å². The predicted octanol–water partition coefficient (Wildman–Crippen LogP) is 3.76. The molecule has 0 aromatic heterocycles. The van der Waals surface area contributed by atoms with Crippen molar-refractivity contribution >= 4 is 5.97 Å². The number of benzene rings is 2. The zero-order valence-corrected chi connectivity index (χ0v) is 14.7. The van der Waals surface area contributed by atoms with Crippen LogP contribution >= 0.6 is 0 Å². The van der Waals surface area contributed by atoms with E-state index in [9.17, 15) is 9.18 Å². The van der Waals surface area contributed by atoms with Gasteiger partial charge in [0.1, 0.15) is 18.2 Å². The summed E-state index contributed by atoms with van der Waals surface area (Å²) in [6, 6.07) is 12.3. The third-order valence-corrected chi connectivity index (χ3v) is 3.69. The number of aryl methyl sites for hydroxylation is 1. The summed E-state index contributed by atoms with van der Waals surface area (Å²) in [4.78, 5) is 11.3. The van der Waals surface area contributed by atoms with Gasteiger partial charge in [-0.2, -0.15) is 0 Å². The second-order valence-corrected chi connectivity index (χ2v) is 5.75. The van der Waals surface area contributed by atoms with Gasteiger partial charge in [0.25, 0.3) is 0 Å². The third kappa shape index (κ3) is 6.55. The molecule has 1 N–H and O–H groups in total. The van der Waals surface area contributed by atoms with Crippen molar-refractivity contribution in [3.63, 3.8) is 0 Å². The van der Waals surface area contributed by atoms with E-state index in [0.717, 1.165) is 22.4 Å². The van der Waals surface area contributed by atoms with Gasteiger partial charge in [-0.05, 0) is 48.7 Å². The number of hydrogen-bond acceptors (Lipinski definition) is 4. The van der Waals surface area contributed by atoms with E-state index in [0.29, 0.717) is 32.7 Å². The van der Waals surface area contributed by atoms with Gasteiger partial charge in [0.15, 0.2) is 0 Å². The number of nitrogens with one attached hydrogen (secondary N) is 1. The van der Waals surface area contributed by atoms with Crippen LogP contribution in [0.25, 0.3) is 0 Å². The second kappa shape index (κ2) is 9.79. The van der Waals surface area contributed by atoms with Crippen LogP contribution in [0.2, 0.25) is 0 Å². The molecule has 0 bridgehead atoms. The van der Waals surface area contributed by atoms with E-state index in [1.807, 2.05) is 19.1 Å². The molecule has 0 aliphatic carbocycles. The SMILES string of the molecule is CCOC(=O)CCNCc1ccc(OCc2ccc(F)cc2)c(C)c1. The summed E-state index contributed by atoms with van der Waals surface area (Å²) in [6.07, 6.45) is 0.367. The molecule has 0 unspecified atom stereocenters. The Morgan fingerprint density at radius 1 is 1.12 bits per heavy atom. The van der Waals surface area contributed by atoms with Crippen LogP contribution in [0.5, 0.6) is 5.75 Å². The van der Waals surface area contributed by atoms with Gasteiger partial charge in [0, 0.05) is 13.1 Å². The highest BCUT2D eigenvalue weighted by molar-refractivity contribution is 5.69. The standard InChI is InChI=1S/C20H24FNO3/c1-3-24-20(23)10-11-22-13-17-6-9-19(15(2)12-17)25-14-16-4-7-18(21)8-5-16/h4-9,12,22H,3,10-11,13-14H2,1-2H3. The number of carbonyl (C=O) groups is 1. The van der Waals surface area contributed by atoms with Crippen molar-refractivity contribution in [2.75, 3.05) is 13.2 Å². The van der Waals surface area contributed by atoms with Crippen LogP contribution < -0.4 is 10.1 Å². The number of rotatable bonds is 9. The lowest BCUT2D eigenvalue weighted by atomic mass is 10.1. The molecule has 0 amide bonds. The molecule has 0 atom stereocenters. The minimum Gasteiger partial charge on any atom is -0.489 e. The van der Waals surface area contributed by atoms with E-state index in [2.05, 4.69) is 11.4 Å². The quantitative estimate of drug-likeness (QED) is 0.555. The Balaban J connectivity index is 1.79. The Morgan fingerprint density at radius 3 is 2.52 bits per heavy atom. The fourth-order valence-electron chi connectivity index (χ4n) is 2.38. The Bertz CT molecular complexity index is 686. The largest absolute Gasteiger partial charge is 0.489 e. The maximum Gasteiger partial charge on any atom is 0.307 e. The van der Waals surface area contributed by atoms with Gasteiger partial charge in [0.05, 0.1) is 13.0 Å². The summed E-state index contributed by atoms with van der Waals surface area (Å²) in [5.74, 6) is 0.370. The van der Waals surface area contributed by atoms with E-state index < -0.39 is 0 Å². The predicted molar refractivity (Wildman–Crippen MR) is 94.9 cm³/mol. The molecule has 0 spiro atoms. The maximum atomic E-state index is 12.9. The van der Waals surface area contributed by atoms with Crippen LogP contribution in [0, 0.1) is 12.7 Å². The first-order valence-corrected chi connectivity index (χ1v) is 8.41. The molecule has 25 heavy (non-hydrogen) atoms. The Kier molecular flexibility index (Phi) is 7.41. The summed E-state index contributed by atoms with van der Waals surface area (Å²) in [7, 11) is 0. The molecule has 0 aliphatic heterocycles. The Hall–Kier alpha value is -2.40. The molecule has 5 heteroatoms. The lowest BCUT2D eigenvalue weighted by Crippen LogP contribution is -2.19. The smallest absolute Gasteiger partial charge is 0.307 e. The summed E-state index contributed by atoms with van der Waals surface area (Å²) in [5, 5.41) is 3.22. The van der Waals surface area contributed by atoms with Crippen LogP contribution in [0.1, 0.15) is 30.0 Å². The molecule has 0 fully saturated rings. The van der Waals surface area contributed by atoms with Crippen molar-refractivity contribution in [3.8, 4) is 5.75 Å². The topological polar surface area (TPSA) is 47.6 Å². The maximum absolute atomic E-state index is 12.9. The van der Waals surface area contributed by atoms with E-state index in [1.54, 1.807) is 19.1 Å².